The third-order valence-electron chi connectivity index (χ3n) is 3.10. The Hall–Kier alpha value is -2.08. The van der Waals surface area contributed by atoms with Gasteiger partial charge in [0.05, 0.1) is 0 Å². The van der Waals surface area contributed by atoms with E-state index in [1.54, 1.807) is 12.3 Å². The molecule has 1 aromatic rings. The molecule has 0 saturated heterocycles. The fourth-order valence-electron chi connectivity index (χ4n) is 1.83. The number of hydrogen-bond acceptors (Lipinski definition) is 5. The van der Waals surface area contributed by atoms with Crippen molar-refractivity contribution in [2.75, 3.05) is 18.5 Å². The van der Waals surface area contributed by atoms with Crippen LogP contribution in [0.1, 0.15) is 25.6 Å². The first-order valence-corrected chi connectivity index (χ1v) is 6.55. The van der Waals surface area contributed by atoms with Gasteiger partial charge >= 0.3 is 0 Å². The van der Waals surface area contributed by atoms with Crippen molar-refractivity contribution in [1.82, 2.24) is 9.97 Å². The van der Waals surface area contributed by atoms with Crippen molar-refractivity contribution in [3.8, 4) is 12.0 Å². The minimum atomic E-state index is 0.176. The quantitative estimate of drug-likeness (QED) is 0.551. The minimum absolute atomic E-state index is 0.176. The maximum absolute atomic E-state index is 8.86. The largest absolute Gasteiger partial charge is 0.360 e. The van der Waals surface area contributed by atoms with Crippen LogP contribution in [0.3, 0.4) is 0 Å². The SMILES string of the molecule is CCB(C#N)CCCCN(C)c1ccnc(C#N)n1. The average molecular weight is 255 g/mol. The number of nitrogens with zero attached hydrogens (tertiary/aromatic N) is 5. The van der Waals surface area contributed by atoms with Crippen molar-refractivity contribution in [2.45, 2.75) is 32.4 Å². The lowest BCUT2D eigenvalue weighted by atomic mass is 9.46. The minimum Gasteiger partial charge on any atom is -0.360 e. The number of unbranched alkanes of at least 4 members (excludes halogenated alkanes) is 1. The molecule has 0 aliphatic carbocycles. The fourth-order valence-corrected chi connectivity index (χ4v) is 1.83. The molecule has 5 nitrogen and oxygen atoms in total. The second-order valence-corrected chi connectivity index (χ2v) is 4.50. The van der Waals surface area contributed by atoms with Gasteiger partial charge < -0.3 is 4.90 Å². The van der Waals surface area contributed by atoms with Crippen LogP contribution in [0.2, 0.25) is 12.6 Å². The summed E-state index contributed by atoms with van der Waals surface area (Å²) >= 11 is 0. The van der Waals surface area contributed by atoms with E-state index in [0.29, 0.717) is 0 Å². The summed E-state index contributed by atoms with van der Waals surface area (Å²) < 4.78 is 0. The van der Waals surface area contributed by atoms with Crippen LogP contribution in [0.25, 0.3) is 0 Å². The van der Waals surface area contributed by atoms with Crippen molar-refractivity contribution in [3.05, 3.63) is 18.1 Å². The first-order chi connectivity index (χ1) is 9.21. The summed E-state index contributed by atoms with van der Waals surface area (Å²) in [5.41, 5.74) is 0. The van der Waals surface area contributed by atoms with Crippen LogP contribution in [0.4, 0.5) is 5.82 Å². The van der Waals surface area contributed by atoms with E-state index in [1.807, 2.05) is 24.9 Å². The maximum Gasteiger partial charge on any atom is 0.267 e. The lowest BCUT2D eigenvalue weighted by Crippen LogP contribution is -2.20. The molecular formula is C13H18BN5. The molecule has 19 heavy (non-hydrogen) atoms. The predicted molar refractivity (Wildman–Crippen MR) is 75.9 cm³/mol. The molecule has 1 rings (SSSR count). The molecule has 0 spiro atoms. The van der Waals surface area contributed by atoms with Gasteiger partial charge in [0, 0.05) is 25.8 Å². The lowest BCUT2D eigenvalue weighted by molar-refractivity contribution is 0.753. The molecule has 0 fully saturated rings. The number of anilines is 1. The second-order valence-electron chi connectivity index (χ2n) is 4.50. The van der Waals surface area contributed by atoms with Crippen molar-refractivity contribution < 1.29 is 0 Å². The standard InChI is InChI=1S/C13H18BN5/c1-3-14(11-16)7-4-5-9-19(2)13-6-8-17-12(10-15)18-13/h6,8H,3-5,7,9H2,1-2H3. The Kier molecular flexibility index (Phi) is 6.39. The number of nitriles is 2. The molecule has 98 valence electrons. The summed E-state index contributed by atoms with van der Waals surface area (Å²) in [6, 6.07) is 3.73. The Bertz CT molecular complexity index is 477. The molecule has 0 bridgehead atoms. The van der Waals surface area contributed by atoms with Crippen LogP contribution in [0, 0.1) is 22.6 Å². The van der Waals surface area contributed by atoms with Gasteiger partial charge in [-0.05, 0) is 12.5 Å². The molecule has 1 heterocycles. The van der Waals surface area contributed by atoms with E-state index >= 15 is 0 Å². The van der Waals surface area contributed by atoms with Gasteiger partial charge in [0.25, 0.3) is 6.71 Å². The number of rotatable bonds is 7. The average Bonchev–Trinajstić information content (AvgIpc) is 2.47. The monoisotopic (exact) mass is 255 g/mol. The summed E-state index contributed by atoms with van der Waals surface area (Å²) in [4.78, 5) is 10.00. The van der Waals surface area contributed by atoms with Gasteiger partial charge in [-0.2, -0.15) is 5.26 Å². The molecule has 0 atom stereocenters. The summed E-state index contributed by atoms with van der Waals surface area (Å²) in [7, 11) is 1.95. The third kappa shape index (κ3) is 4.97. The van der Waals surface area contributed by atoms with E-state index in [0.717, 1.165) is 37.8 Å². The van der Waals surface area contributed by atoms with Crippen LogP contribution < -0.4 is 4.90 Å². The van der Waals surface area contributed by atoms with Gasteiger partial charge in [0.2, 0.25) is 5.82 Å². The van der Waals surface area contributed by atoms with Crippen molar-refractivity contribution in [2.24, 2.45) is 0 Å². The first-order valence-electron chi connectivity index (χ1n) is 6.55. The van der Waals surface area contributed by atoms with Crippen LogP contribution in [-0.2, 0) is 0 Å². The zero-order chi connectivity index (χ0) is 14.1. The lowest BCUT2D eigenvalue weighted by Gasteiger charge is -2.17. The number of hydrogen-bond donors (Lipinski definition) is 0. The van der Waals surface area contributed by atoms with E-state index in [1.165, 1.54) is 0 Å². The van der Waals surface area contributed by atoms with Crippen molar-refractivity contribution in [1.29, 1.82) is 10.5 Å². The molecule has 6 heteroatoms. The molecule has 0 unspecified atom stereocenters. The molecule has 0 aliphatic rings. The van der Waals surface area contributed by atoms with Crippen LogP contribution in [0.15, 0.2) is 12.3 Å². The second kappa shape index (κ2) is 8.10. The zero-order valence-electron chi connectivity index (χ0n) is 11.5. The van der Waals surface area contributed by atoms with E-state index in [-0.39, 0.29) is 12.5 Å². The highest BCUT2D eigenvalue weighted by molar-refractivity contribution is 6.66. The normalized spacial score (nSPS) is 9.47. The highest BCUT2D eigenvalue weighted by Gasteiger charge is 2.10. The first kappa shape index (κ1) is 15.0. The van der Waals surface area contributed by atoms with Crippen molar-refractivity contribution >= 4 is 12.5 Å². The third-order valence-corrected chi connectivity index (χ3v) is 3.10. The summed E-state index contributed by atoms with van der Waals surface area (Å²) in [6.07, 6.45) is 5.52. The number of aromatic nitrogens is 2. The van der Waals surface area contributed by atoms with Crippen LogP contribution >= 0.6 is 0 Å². The topological polar surface area (TPSA) is 76.6 Å². The maximum atomic E-state index is 8.86. The van der Waals surface area contributed by atoms with Crippen LogP contribution in [-0.4, -0.2) is 30.3 Å². The Labute approximate surface area is 115 Å². The molecule has 0 aromatic carbocycles. The smallest absolute Gasteiger partial charge is 0.267 e. The molecule has 0 amide bonds. The van der Waals surface area contributed by atoms with Crippen molar-refractivity contribution in [3.63, 3.8) is 0 Å². The molecule has 0 radical (unpaired) electrons. The van der Waals surface area contributed by atoms with Gasteiger partial charge in [0.15, 0.2) is 0 Å². The van der Waals surface area contributed by atoms with Gasteiger partial charge in [0.1, 0.15) is 11.9 Å². The van der Waals surface area contributed by atoms with E-state index < -0.39 is 0 Å². The van der Waals surface area contributed by atoms with E-state index in [4.69, 9.17) is 10.5 Å². The van der Waals surface area contributed by atoms with Gasteiger partial charge in [-0.25, -0.2) is 15.2 Å². The van der Waals surface area contributed by atoms with Crippen LogP contribution in [0.5, 0.6) is 0 Å². The summed E-state index contributed by atoms with van der Waals surface area (Å²) in [5.74, 6) is 3.27. The summed E-state index contributed by atoms with van der Waals surface area (Å²) in [6.45, 7) is 3.09. The van der Waals surface area contributed by atoms with Gasteiger partial charge in [-0.15, -0.1) is 0 Å². The highest BCUT2D eigenvalue weighted by atomic mass is 15.2. The molecular weight excluding hydrogens is 237 g/mol. The van der Waals surface area contributed by atoms with E-state index in [2.05, 4.69) is 15.9 Å². The molecule has 0 N–H and O–H groups in total. The molecule has 0 aliphatic heterocycles. The Balaban J connectivity index is 2.37. The predicted octanol–water partition coefficient (Wildman–Crippen LogP) is 2.14. The fraction of sp³-hybridized carbons (Fsp3) is 0.538. The molecule has 0 saturated carbocycles. The van der Waals surface area contributed by atoms with Gasteiger partial charge in [-0.1, -0.05) is 26.0 Å². The van der Waals surface area contributed by atoms with E-state index in [9.17, 15) is 0 Å². The highest BCUT2D eigenvalue weighted by Crippen LogP contribution is 2.10. The Morgan fingerprint density at radius 3 is 2.79 bits per heavy atom. The summed E-state index contributed by atoms with van der Waals surface area (Å²) in [5, 5.41) is 17.6. The van der Waals surface area contributed by atoms with Gasteiger partial charge in [-0.3, -0.25) is 0 Å². The Morgan fingerprint density at radius 2 is 2.16 bits per heavy atom. The zero-order valence-corrected chi connectivity index (χ0v) is 11.5. The Morgan fingerprint density at radius 1 is 1.37 bits per heavy atom. The molecule has 1 aromatic heterocycles.